The Morgan fingerprint density at radius 1 is 1.03 bits per heavy atom. The monoisotopic (exact) mass is 633 g/mol. The summed E-state index contributed by atoms with van der Waals surface area (Å²) in [5.74, 6) is 0. The number of anilines is 1. The van der Waals surface area contributed by atoms with Gasteiger partial charge in [0.05, 0.1) is 28.9 Å². The Morgan fingerprint density at radius 2 is 1.84 bits per heavy atom. The van der Waals surface area contributed by atoms with Crippen molar-refractivity contribution in [1.29, 1.82) is 0 Å². The van der Waals surface area contributed by atoms with Crippen LogP contribution in [0.15, 0.2) is 95.5 Å². The Morgan fingerprint density at radius 3 is 2.68 bits per heavy atom. The van der Waals surface area contributed by atoms with E-state index in [1.54, 1.807) is 23.7 Å². The Hall–Kier alpha value is -3.60. The van der Waals surface area contributed by atoms with Crippen LogP contribution >= 0.6 is 43.2 Å². The fraction of sp³-hybridized carbons (Fsp3) is 0.0370. The second-order valence-electron chi connectivity index (χ2n) is 8.32. The van der Waals surface area contributed by atoms with Crippen molar-refractivity contribution in [3.8, 4) is 22.5 Å². The van der Waals surface area contributed by atoms with Crippen molar-refractivity contribution < 1.29 is 4.42 Å². The van der Waals surface area contributed by atoms with E-state index in [0.29, 0.717) is 22.0 Å². The number of nitrogens with one attached hydrogen (secondary N) is 1. The van der Waals surface area contributed by atoms with E-state index in [-0.39, 0.29) is 0 Å². The van der Waals surface area contributed by atoms with Gasteiger partial charge >= 0.3 is 5.63 Å². The Kier molecular flexibility index (Phi) is 6.23. The van der Waals surface area contributed by atoms with Crippen LogP contribution in [0, 0.1) is 6.92 Å². The SMILES string of the molecule is Cc1ccn2c(/C=N/Nc3nc(-c4cc5cc(Br)ccc5oc4=O)cs3)c(-c3ccc(Br)cc3)nc2c1. The summed E-state index contributed by atoms with van der Waals surface area (Å²) in [6.07, 6.45) is 3.72. The molecule has 6 rings (SSSR count). The fourth-order valence-electron chi connectivity index (χ4n) is 3.98. The number of pyridine rings is 1. The molecule has 4 aromatic heterocycles. The molecular formula is C27H17Br2N5O2S. The molecule has 0 bridgehead atoms. The highest BCUT2D eigenvalue weighted by Gasteiger charge is 2.14. The van der Waals surface area contributed by atoms with E-state index in [1.165, 1.54) is 11.3 Å². The van der Waals surface area contributed by atoms with Crippen LogP contribution in [0.1, 0.15) is 11.3 Å². The minimum atomic E-state index is -0.435. The zero-order valence-corrected chi connectivity index (χ0v) is 23.3. The summed E-state index contributed by atoms with van der Waals surface area (Å²) in [4.78, 5) is 22.0. The van der Waals surface area contributed by atoms with Gasteiger partial charge in [0.15, 0.2) is 0 Å². The smallest absolute Gasteiger partial charge is 0.345 e. The van der Waals surface area contributed by atoms with Crippen molar-refractivity contribution in [2.75, 3.05) is 5.43 Å². The number of benzene rings is 2. The van der Waals surface area contributed by atoms with E-state index in [4.69, 9.17) is 9.40 Å². The van der Waals surface area contributed by atoms with E-state index in [9.17, 15) is 4.79 Å². The molecule has 1 N–H and O–H groups in total. The van der Waals surface area contributed by atoms with E-state index in [2.05, 4.69) is 47.4 Å². The molecule has 7 nitrogen and oxygen atoms in total. The van der Waals surface area contributed by atoms with Gasteiger partial charge in [0.25, 0.3) is 0 Å². The van der Waals surface area contributed by atoms with Gasteiger partial charge in [-0.2, -0.15) is 5.10 Å². The van der Waals surface area contributed by atoms with Gasteiger partial charge < -0.3 is 4.42 Å². The lowest BCUT2D eigenvalue weighted by Crippen LogP contribution is -2.03. The van der Waals surface area contributed by atoms with E-state index >= 15 is 0 Å². The van der Waals surface area contributed by atoms with E-state index in [1.807, 2.05) is 66.1 Å². The second-order valence-corrected chi connectivity index (χ2v) is 11.0. The third-order valence-electron chi connectivity index (χ3n) is 5.76. The quantitative estimate of drug-likeness (QED) is 0.120. The van der Waals surface area contributed by atoms with Crippen molar-refractivity contribution in [3.63, 3.8) is 0 Å². The van der Waals surface area contributed by atoms with Crippen LogP contribution in [0.4, 0.5) is 5.13 Å². The summed E-state index contributed by atoms with van der Waals surface area (Å²) in [5.41, 5.74) is 8.61. The number of halogens is 2. The molecule has 0 aliphatic carbocycles. The molecule has 0 fully saturated rings. The maximum absolute atomic E-state index is 12.6. The molecule has 6 aromatic rings. The molecule has 0 spiro atoms. The number of hydrogen-bond donors (Lipinski definition) is 1. The maximum Gasteiger partial charge on any atom is 0.345 e. The van der Waals surface area contributed by atoms with Crippen molar-refractivity contribution in [2.45, 2.75) is 6.92 Å². The van der Waals surface area contributed by atoms with Gasteiger partial charge in [-0.25, -0.2) is 14.8 Å². The number of hydrazone groups is 1. The molecule has 0 aliphatic heterocycles. The lowest BCUT2D eigenvalue weighted by atomic mass is 10.1. The standard InChI is InChI=1S/C27H17Br2N5O2S/c1-15-8-9-34-22(25(32-24(34)10-15)16-2-4-18(28)5-3-16)13-30-33-27-31-21(14-37-27)20-12-17-11-19(29)6-7-23(17)36-26(20)35/h2-14H,1H3,(H,31,33)/b30-13+. The molecule has 0 aliphatic rings. The van der Waals surface area contributed by atoms with Crippen LogP contribution in [-0.4, -0.2) is 20.6 Å². The average Bonchev–Trinajstić information content (AvgIpc) is 3.49. The topological polar surface area (TPSA) is 84.8 Å². The lowest BCUT2D eigenvalue weighted by molar-refractivity contribution is 0.563. The summed E-state index contributed by atoms with van der Waals surface area (Å²) >= 11 is 8.30. The number of rotatable bonds is 5. The highest BCUT2D eigenvalue weighted by atomic mass is 79.9. The zero-order chi connectivity index (χ0) is 25.5. The van der Waals surface area contributed by atoms with Gasteiger partial charge in [-0.05, 0) is 61.0 Å². The third kappa shape index (κ3) is 4.75. The fourth-order valence-corrected chi connectivity index (χ4v) is 5.28. The second kappa shape index (κ2) is 9.70. The molecule has 0 radical (unpaired) electrons. The minimum Gasteiger partial charge on any atom is -0.422 e. The first kappa shape index (κ1) is 23.8. The summed E-state index contributed by atoms with van der Waals surface area (Å²) < 4.78 is 9.38. The first-order valence-electron chi connectivity index (χ1n) is 11.2. The average molecular weight is 635 g/mol. The van der Waals surface area contributed by atoms with E-state index < -0.39 is 5.63 Å². The van der Waals surface area contributed by atoms with Crippen LogP contribution in [0.5, 0.6) is 0 Å². The molecule has 0 amide bonds. The number of aryl methyl sites for hydroxylation is 1. The molecule has 0 saturated heterocycles. The van der Waals surface area contributed by atoms with Gasteiger partial charge in [0.2, 0.25) is 5.13 Å². The van der Waals surface area contributed by atoms with Crippen LogP contribution in [0.25, 0.3) is 39.1 Å². The van der Waals surface area contributed by atoms with E-state index in [0.717, 1.165) is 42.5 Å². The molecule has 0 atom stereocenters. The van der Waals surface area contributed by atoms with Gasteiger partial charge in [-0.3, -0.25) is 9.83 Å². The first-order valence-corrected chi connectivity index (χ1v) is 13.6. The van der Waals surface area contributed by atoms with Gasteiger partial charge in [-0.15, -0.1) is 11.3 Å². The Bertz CT molecular complexity index is 1870. The highest BCUT2D eigenvalue weighted by molar-refractivity contribution is 9.10. The van der Waals surface area contributed by atoms with Crippen molar-refractivity contribution in [2.24, 2.45) is 5.10 Å². The van der Waals surface area contributed by atoms with Gasteiger partial charge in [-0.1, -0.05) is 44.0 Å². The van der Waals surface area contributed by atoms with Crippen molar-refractivity contribution >= 4 is 71.2 Å². The Balaban J connectivity index is 1.31. The van der Waals surface area contributed by atoms with Crippen molar-refractivity contribution in [1.82, 2.24) is 14.4 Å². The molecule has 37 heavy (non-hydrogen) atoms. The molecule has 0 saturated carbocycles. The molecule has 4 heterocycles. The maximum atomic E-state index is 12.6. The minimum absolute atomic E-state index is 0.397. The van der Waals surface area contributed by atoms with Crippen LogP contribution in [-0.2, 0) is 0 Å². The molecule has 10 heteroatoms. The molecule has 0 unspecified atom stereocenters. The largest absolute Gasteiger partial charge is 0.422 e. The van der Waals surface area contributed by atoms with Gasteiger partial charge in [0.1, 0.15) is 11.2 Å². The number of aromatic nitrogens is 3. The number of imidazole rings is 1. The zero-order valence-electron chi connectivity index (χ0n) is 19.3. The Labute approximate surface area is 231 Å². The number of thiazole rings is 1. The van der Waals surface area contributed by atoms with Gasteiger partial charge in [0, 0.05) is 31.5 Å². The third-order valence-corrected chi connectivity index (χ3v) is 7.53. The number of fused-ring (bicyclic) bond motifs is 2. The number of nitrogens with zero attached hydrogens (tertiary/aromatic N) is 4. The summed E-state index contributed by atoms with van der Waals surface area (Å²) in [5, 5.41) is 7.61. The normalized spacial score (nSPS) is 11.6. The van der Waals surface area contributed by atoms with Crippen LogP contribution in [0.2, 0.25) is 0 Å². The van der Waals surface area contributed by atoms with Crippen molar-refractivity contribution in [3.05, 3.63) is 103 Å². The highest BCUT2D eigenvalue weighted by Crippen LogP contribution is 2.28. The first-order chi connectivity index (χ1) is 17.9. The molecular weight excluding hydrogens is 618 g/mol. The predicted molar refractivity (Wildman–Crippen MR) is 156 cm³/mol. The molecule has 182 valence electrons. The predicted octanol–water partition coefficient (Wildman–Crippen LogP) is 7.51. The van der Waals surface area contributed by atoms with Crippen LogP contribution < -0.4 is 11.1 Å². The summed E-state index contributed by atoms with van der Waals surface area (Å²) in [7, 11) is 0. The lowest BCUT2D eigenvalue weighted by Gasteiger charge is -2.02. The number of hydrogen-bond acceptors (Lipinski definition) is 7. The molecule has 2 aromatic carbocycles. The summed E-state index contributed by atoms with van der Waals surface area (Å²) in [6.45, 7) is 2.04. The van der Waals surface area contributed by atoms with Crippen LogP contribution in [0.3, 0.4) is 0 Å². The summed E-state index contributed by atoms with van der Waals surface area (Å²) in [6, 6.07) is 19.4.